The Morgan fingerprint density at radius 3 is 2.21 bits per heavy atom. The molecule has 0 fully saturated rings. The second-order valence-corrected chi connectivity index (χ2v) is 10.8. The summed E-state index contributed by atoms with van der Waals surface area (Å²) in [6.45, 7) is 4.25. The van der Waals surface area contributed by atoms with Crippen molar-refractivity contribution in [3.8, 4) is 11.5 Å². The van der Waals surface area contributed by atoms with Gasteiger partial charge in [-0.1, -0.05) is 42.5 Å². The van der Waals surface area contributed by atoms with E-state index in [0.717, 1.165) is 4.90 Å². The lowest BCUT2D eigenvalue weighted by atomic mass is 10.1. The van der Waals surface area contributed by atoms with Gasteiger partial charge in [0.15, 0.2) is 0 Å². The Labute approximate surface area is 255 Å². The second-order valence-electron chi connectivity index (χ2n) is 9.34. The van der Waals surface area contributed by atoms with Gasteiger partial charge in [-0.2, -0.15) is 0 Å². The summed E-state index contributed by atoms with van der Waals surface area (Å²) in [5.41, 5.74) is 2.36. The van der Waals surface area contributed by atoms with E-state index in [2.05, 4.69) is 16.0 Å². The van der Waals surface area contributed by atoms with Crippen LogP contribution in [-0.2, 0) is 9.59 Å². The summed E-state index contributed by atoms with van der Waals surface area (Å²) in [6, 6.07) is 30.2. The first-order chi connectivity index (χ1) is 20.8. The molecule has 43 heavy (non-hydrogen) atoms. The van der Waals surface area contributed by atoms with Gasteiger partial charge in [-0.15, -0.1) is 11.8 Å². The van der Waals surface area contributed by atoms with Crippen LogP contribution in [0.15, 0.2) is 114 Å². The largest absolute Gasteiger partial charge is 0.497 e. The number of hydrogen-bond donors (Lipinski definition) is 3. The third kappa shape index (κ3) is 9.24. The zero-order valence-corrected chi connectivity index (χ0v) is 24.9. The first-order valence-corrected chi connectivity index (χ1v) is 14.6. The number of carbonyl (C=O) groups excluding carboxylic acids is 3. The molecule has 3 amide bonds. The van der Waals surface area contributed by atoms with E-state index in [9.17, 15) is 14.4 Å². The average molecular weight is 596 g/mol. The Balaban J connectivity index is 1.48. The molecule has 0 heterocycles. The zero-order valence-electron chi connectivity index (χ0n) is 24.1. The van der Waals surface area contributed by atoms with Gasteiger partial charge in [-0.3, -0.25) is 14.4 Å². The molecule has 0 aromatic heterocycles. The normalized spacial score (nSPS) is 11.7. The van der Waals surface area contributed by atoms with Gasteiger partial charge in [0.25, 0.3) is 11.8 Å². The van der Waals surface area contributed by atoms with E-state index in [-0.39, 0.29) is 11.6 Å². The minimum atomic E-state index is -0.496. The molecule has 0 aliphatic rings. The second kappa shape index (κ2) is 15.3. The van der Waals surface area contributed by atoms with Gasteiger partial charge < -0.3 is 25.4 Å². The number of amides is 3. The highest BCUT2D eigenvalue weighted by Gasteiger charge is 2.17. The Morgan fingerprint density at radius 2 is 1.51 bits per heavy atom. The standard InChI is InChI=1S/C34H33N3O5S/c1-4-42-28-18-16-24(17-19-28)20-31(37-33(39)25-10-6-5-7-11-25)34(40)36-27-13-9-15-30(22-27)43-23(2)32(38)35-26-12-8-14-29(21-26)41-3/h5-23H,4H2,1-3H3,(H,35,38)(H,36,40)(H,37,39)/b31-20+. The molecule has 0 saturated carbocycles. The van der Waals surface area contributed by atoms with Gasteiger partial charge in [0.2, 0.25) is 5.91 Å². The summed E-state index contributed by atoms with van der Waals surface area (Å²) in [5.74, 6) is 0.284. The predicted molar refractivity (Wildman–Crippen MR) is 172 cm³/mol. The lowest BCUT2D eigenvalue weighted by Gasteiger charge is -2.14. The smallest absolute Gasteiger partial charge is 0.272 e. The third-order valence-electron chi connectivity index (χ3n) is 6.14. The van der Waals surface area contributed by atoms with E-state index in [4.69, 9.17) is 9.47 Å². The molecule has 220 valence electrons. The first kappa shape index (κ1) is 30.9. The first-order valence-electron chi connectivity index (χ1n) is 13.7. The van der Waals surface area contributed by atoms with Crippen LogP contribution >= 0.6 is 11.8 Å². The molecule has 1 atom stereocenters. The Morgan fingerprint density at radius 1 is 0.814 bits per heavy atom. The molecule has 4 aromatic rings. The van der Waals surface area contributed by atoms with E-state index in [1.165, 1.54) is 11.8 Å². The molecular formula is C34H33N3O5S. The van der Waals surface area contributed by atoms with Crippen LogP contribution in [0.25, 0.3) is 6.08 Å². The summed E-state index contributed by atoms with van der Waals surface area (Å²) in [7, 11) is 1.57. The van der Waals surface area contributed by atoms with E-state index in [1.54, 1.807) is 92.0 Å². The maximum atomic E-state index is 13.5. The van der Waals surface area contributed by atoms with Gasteiger partial charge in [0, 0.05) is 27.9 Å². The minimum Gasteiger partial charge on any atom is -0.497 e. The lowest BCUT2D eigenvalue weighted by Crippen LogP contribution is -2.30. The fraction of sp³-hybridized carbons (Fsp3) is 0.147. The van der Waals surface area contributed by atoms with E-state index in [1.807, 2.05) is 38.1 Å². The van der Waals surface area contributed by atoms with Crippen molar-refractivity contribution >= 4 is 46.9 Å². The maximum absolute atomic E-state index is 13.5. The fourth-order valence-corrected chi connectivity index (χ4v) is 4.91. The monoisotopic (exact) mass is 595 g/mol. The quantitative estimate of drug-likeness (QED) is 0.126. The molecule has 4 rings (SSSR count). The van der Waals surface area contributed by atoms with Crippen molar-refractivity contribution in [2.24, 2.45) is 0 Å². The summed E-state index contributed by atoms with van der Waals surface area (Å²) in [4.78, 5) is 40.0. The van der Waals surface area contributed by atoms with E-state index in [0.29, 0.717) is 40.6 Å². The zero-order chi connectivity index (χ0) is 30.6. The summed E-state index contributed by atoms with van der Waals surface area (Å²) < 4.78 is 10.7. The predicted octanol–water partition coefficient (Wildman–Crippen LogP) is 6.62. The Hall–Kier alpha value is -5.02. The highest BCUT2D eigenvalue weighted by Crippen LogP contribution is 2.27. The van der Waals surface area contributed by atoms with Crippen molar-refractivity contribution in [2.75, 3.05) is 24.4 Å². The van der Waals surface area contributed by atoms with Gasteiger partial charge in [-0.25, -0.2) is 0 Å². The molecule has 1 unspecified atom stereocenters. The van der Waals surface area contributed by atoms with Crippen molar-refractivity contribution in [3.63, 3.8) is 0 Å². The molecule has 3 N–H and O–H groups in total. The van der Waals surface area contributed by atoms with Crippen molar-refractivity contribution in [1.82, 2.24) is 5.32 Å². The molecule has 0 aliphatic carbocycles. The van der Waals surface area contributed by atoms with Crippen LogP contribution in [0.1, 0.15) is 29.8 Å². The molecule has 9 heteroatoms. The molecule has 0 radical (unpaired) electrons. The van der Waals surface area contributed by atoms with E-state index < -0.39 is 17.1 Å². The Bertz CT molecular complexity index is 1590. The molecular weight excluding hydrogens is 562 g/mol. The minimum absolute atomic E-state index is 0.0714. The molecule has 0 spiro atoms. The number of nitrogens with one attached hydrogen (secondary N) is 3. The summed E-state index contributed by atoms with van der Waals surface area (Å²) in [5, 5.41) is 8.10. The molecule has 0 bridgehead atoms. The topological polar surface area (TPSA) is 106 Å². The molecule has 8 nitrogen and oxygen atoms in total. The fourth-order valence-electron chi connectivity index (χ4n) is 3.98. The van der Waals surface area contributed by atoms with Crippen molar-refractivity contribution < 1.29 is 23.9 Å². The van der Waals surface area contributed by atoms with Crippen LogP contribution < -0.4 is 25.4 Å². The number of anilines is 2. The van der Waals surface area contributed by atoms with Crippen LogP contribution in [0.4, 0.5) is 11.4 Å². The SMILES string of the molecule is CCOc1ccc(/C=C(/NC(=O)c2ccccc2)C(=O)Nc2cccc(SC(C)C(=O)Nc3cccc(OC)c3)c2)cc1. The number of thioether (sulfide) groups is 1. The number of ether oxygens (including phenoxy) is 2. The van der Waals surface area contributed by atoms with Gasteiger partial charge in [-0.05, 0) is 80.1 Å². The van der Waals surface area contributed by atoms with Crippen LogP contribution in [-0.4, -0.2) is 36.7 Å². The average Bonchev–Trinajstić information content (AvgIpc) is 3.02. The maximum Gasteiger partial charge on any atom is 0.272 e. The van der Waals surface area contributed by atoms with Gasteiger partial charge in [0.1, 0.15) is 17.2 Å². The van der Waals surface area contributed by atoms with Crippen LogP contribution in [0.5, 0.6) is 11.5 Å². The Kier molecular flexibility index (Phi) is 11.0. The number of rotatable bonds is 12. The van der Waals surface area contributed by atoms with Crippen LogP contribution in [0.2, 0.25) is 0 Å². The van der Waals surface area contributed by atoms with Crippen LogP contribution in [0, 0.1) is 0 Å². The number of benzene rings is 4. The van der Waals surface area contributed by atoms with Gasteiger partial charge in [0.05, 0.1) is 19.0 Å². The number of methoxy groups -OCH3 is 1. The number of carbonyl (C=O) groups is 3. The van der Waals surface area contributed by atoms with Crippen molar-refractivity contribution in [1.29, 1.82) is 0 Å². The summed E-state index contributed by atoms with van der Waals surface area (Å²) in [6.07, 6.45) is 1.61. The highest BCUT2D eigenvalue weighted by atomic mass is 32.2. The lowest BCUT2D eigenvalue weighted by molar-refractivity contribution is -0.115. The highest BCUT2D eigenvalue weighted by molar-refractivity contribution is 8.00. The van der Waals surface area contributed by atoms with E-state index >= 15 is 0 Å². The van der Waals surface area contributed by atoms with Crippen LogP contribution in [0.3, 0.4) is 0 Å². The number of hydrogen-bond acceptors (Lipinski definition) is 6. The van der Waals surface area contributed by atoms with Crippen molar-refractivity contribution in [2.45, 2.75) is 24.0 Å². The summed E-state index contributed by atoms with van der Waals surface area (Å²) >= 11 is 1.36. The molecule has 4 aromatic carbocycles. The molecule has 0 saturated heterocycles. The van der Waals surface area contributed by atoms with Crippen molar-refractivity contribution in [3.05, 3.63) is 120 Å². The molecule has 0 aliphatic heterocycles. The third-order valence-corrected chi connectivity index (χ3v) is 7.24. The van der Waals surface area contributed by atoms with Gasteiger partial charge >= 0.3 is 0 Å².